The summed E-state index contributed by atoms with van der Waals surface area (Å²) in [6.45, 7) is 0. The van der Waals surface area contributed by atoms with Crippen molar-refractivity contribution in [3.63, 3.8) is 0 Å². The van der Waals surface area contributed by atoms with Crippen LogP contribution in [0.2, 0.25) is 0 Å². The van der Waals surface area contributed by atoms with Crippen molar-refractivity contribution >= 4 is 61.2 Å². The van der Waals surface area contributed by atoms with Crippen molar-refractivity contribution in [1.29, 1.82) is 0 Å². The van der Waals surface area contributed by atoms with E-state index in [2.05, 4.69) is 37.0 Å². The van der Waals surface area contributed by atoms with Crippen LogP contribution >= 0.6 is 31.9 Å². The number of anilines is 1. The van der Waals surface area contributed by atoms with Gasteiger partial charge >= 0.3 is 12.1 Å². The number of phenols is 1. The van der Waals surface area contributed by atoms with Gasteiger partial charge in [0, 0.05) is 0 Å². The zero-order valence-corrected chi connectivity index (χ0v) is 17.2. The number of carboxylic acids is 1. The number of alkyl halides is 3. The first kappa shape index (κ1) is 21.1. The molecular weight excluding hydrogens is 525 g/mol. The Bertz CT molecular complexity index is 1070. The largest absolute Gasteiger partial charge is 0.506 e. The number of rotatable bonds is 3. The molecule has 2 aromatic carbocycles. The maximum Gasteiger partial charge on any atom is 0.435 e. The number of aromatic hydroxyl groups is 1. The molecule has 0 bridgehead atoms. The minimum absolute atomic E-state index is 0.117. The van der Waals surface area contributed by atoms with Crippen LogP contribution in [0.15, 0.2) is 56.0 Å². The van der Waals surface area contributed by atoms with Gasteiger partial charge in [0.15, 0.2) is 5.71 Å². The number of nitrogens with zero attached hydrogens (tertiary/aromatic N) is 2. The van der Waals surface area contributed by atoms with Gasteiger partial charge in [-0.2, -0.15) is 23.3 Å². The molecule has 0 saturated heterocycles. The SMILES string of the molecule is O=C(O)c1cccc(N2N=C(C(F)(F)F)/C(=C/c3cc(Br)c(O)c(Br)c3)C2=O)c1. The van der Waals surface area contributed by atoms with Gasteiger partial charge in [0.05, 0.1) is 25.8 Å². The first-order chi connectivity index (χ1) is 13.5. The second kappa shape index (κ2) is 7.64. The number of hydrazone groups is 1. The number of aromatic carboxylic acids is 1. The smallest absolute Gasteiger partial charge is 0.435 e. The van der Waals surface area contributed by atoms with E-state index in [-0.39, 0.29) is 31.5 Å². The van der Waals surface area contributed by atoms with E-state index in [1.54, 1.807) is 0 Å². The van der Waals surface area contributed by atoms with Gasteiger partial charge < -0.3 is 10.2 Å². The quantitative estimate of drug-likeness (QED) is 0.545. The molecule has 11 heteroatoms. The van der Waals surface area contributed by atoms with E-state index >= 15 is 0 Å². The maximum atomic E-state index is 13.5. The molecule has 3 rings (SSSR count). The molecule has 2 aromatic rings. The Hall–Kier alpha value is -2.66. The average Bonchev–Trinajstić information content (AvgIpc) is 2.96. The molecule has 0 saturated carbocycles. The lowest BCUT2D eigenvalue weighted by molar-refractivity contribution is -0.114. The predicted molar refractivity (Wildman–Crippen MR) is 106 cm³/mol. The average molecular weight is 534 g/mol. The lowest BCUT2D eigenvalue weighted by atomic mass is 10.1. The number of phenolic OH excluding ortho intramolecular Hbond substituents is 1. The minimum Gasteiger partial charge on any atom is -0.506 e. The summed E-state index contributed by atoms with van der Waals surface area (Å²) in [6, 6.07) is 7.53. The molecule has 0 radical (unpaired) electrons. The highest BCUT2D eigenvalue weighted by Gasteiger charge is 2.46. The molecule has 150 valence electrons. The summed E-state index contributed by atoms with van der Waals surface area (Å²) in [6.07, 6.45) is -3.93. The number of hydrogen-bond acceptors (Lipinski definition) is 4. The van der Waals surface area contributed by atoms with Crippen molar-refractivity contribution < 1.29 is 33.0 Å². The van der Waals surface area contributed by atoms with Gasteiger partial charge in [-0.3, -0.25) is 4.79 Å². The summed E-state index contributed by atoms with van der Waals surface area (Å²) in [4.78, 5) is 23.8. The molecule has 6 nitrogen and oxygen atoms in total. The highest BCUT2D eigenvalue weighted by Crippen LogP contribution is 2.36. The van der Waals surface area contributed by atoms with Crippen molar-refractivity contribution in [3.8, 4) is 5.75 Å². The molecular formula is C18H9Br2F3N2O4. The van der Waals surface area contributed by atoms with Crippen molar-refractivity contribution in [2.75, 3.05) is 5.01 Å². The van der Waals surface area contributed by atoms with Gasteiger partial charge in [0.2, 0.25) is 0 Å². The number of carbonyl (C=O) groups excluding carboxylic acids is 1. The standard InChI is InChI=1S/C18H9Br2F3N2O4/c19-12-5-8(6-13(20)14(12)26)4-11-15(18(21,22)23)24-25(16(11)27)10-3-1-2-9(7-10)17(28)29/h1-7,26H,(H,28,29)/b11-4-. The Labute approximate surface area is 178 Å². The van der Waals surface area contributed by atoms with E-state index < -0.39 is 29.3 Å². The molecule has 1 heterocycles. The van der Waals surface area contributed by atoms with Crippen LogP contribution in [-0.2, 0) is 4.79 Å². The third-order valence-electron chi connectivity index (χ3n) is 3.83. The maximum absolute atomic E-state index is 13.5. The second-order valence-corrected chi connectivity index (χ2v) is 7.52. The second-order valence-electron chi connectivity index (χ2n) is 5.81. The summed E-state index contributed by atoms with van der Waals surface area (Å²) >= 11 is 6.15. The Morgan fingerprint density at radius 3 is 2.31 bits per heavy atom. The van der Waals surface area contributed by atoms with Crippen LogP contribution in [0.5, 0.6) is 5.75 Å². The Morgan fingerprint density at radius 2 is 1.76 bits per heavy atom. The third kappa shape index (κ3) is 4.20. The Kier molecular flexibility index (Phi) is 5.54. The van der Waals surface area contributed by atoms with Crippen LogP contribution in [-0.4, -0.2) is 34.0 Å². The van der Waals surface area contributed by atoms with Gasteiger partial charge in [-0.25, -0.2) is 4.79 Å². The van der Waals surface area contributed by atoms with Crippen LogP contribution in [0.4, 0.5) is 18.9 Å². The third-order valence-corrected chi connectivity index (χ3v) is 5.04. The molecule has 2 N–H and O–H groups in total. The fourth-order valence-electron chi connectivity index (χ4n) is 2.53. The van der Waals surface area contributed by atoms with Crippen LogP contribution in [0.1, 0.15) is 15.9 Å². The van der Waals surface area contributed by atoms with Gasteiger partial charge in [-0.1, -0.05) is 6.07 Å². The van der Waals surface area contributed by atoms with Gasteiger partial charge in [-0.05, 0) is 73.8 Å². The summed E-state index contributed by atoms with van der Waals surface area (Å²) in [7, 11) is 0. The molecule has 0 atom stereocenters. The number of benzene rings is 2. The van der Waals surface area contributed by atoms with Gasteiger partial charge in [0.1, 0.15) is 5.75 Å². The van der Waals surface area contributed by atoms with Crippen molar-refractivity contribution in [1.82, 2.24) is 0 Å². The van der Waals surface area contributed by atoms with Gasteiger partial charge in [-0.15, -0.1) is 0 Å². The highest BCUT2D eigenvalue weighted by atomic mass is 79.9. The van der Waals surface area contributed by atoms with E-state index in [0.29, 0.717) is 5.01 Å². The summed E-state index contributed by atoms with van der Waals surface area (Å²) in [5.41, 5.74) is -2.26. The molecule has 0 spiro atoms. The predicted octanol–water partition coefficient (Wildman–Crippen LogP) is 4.96. The van der Waals surface area contributed by atoms with Crippen molar-refractivity contribution in [3.05, 3.63) is 62.0 Å². The van der Waals surface area contributed by atoms with Crippen LogP contribution in [0.3, 0.4) is 0 Å². The highest BCUT2D eigenvalue weighted by molar-refractivity contribution is 9.11. The molecule has 29 heavy (non-hydrogen) atoms. The fourth-order valence-corrected chi connectivity index (χ4v) is 3.76. The monoisotopic (exact) mass is 532 g/mol. The van der Waals surface area contributed by atoms with Crippen LogP contribution in [0.25, 0.3) is 6.08 Å². The Balaban J connectivity index is 2.11. The molecule has 0 aromatic heterocycles. The molecule has 1 aliphatic heterocycles. The molecule has 1 aliphatic rings. The topological polar surface area (TPSA) is 90.2 Å². The van der Waals surface area contributed by atoms with E-state index in [4.69, 9.17) is 5.11 Å². The summed E-state index contributed by atoms with van der Waals surface area (Å²) in [5.74, 6) is -2.52. The van der Waals surface area contributed by atoms with Crippen molar-refractivity contribution in [2.45, 2.75) is 6.18 Å². The molecule has 0 fully saturated rings. The fraction of sp³-hybridized carbons (Fsp3) is 0.0556. The molecule has 0 aliphatic carbocycles. The van der Waals surface area contributed by atoms with E-state index in [1.165, 1.54) is 30.3 Å². The van der Waals surface area contributed by atoms with E-state index in [0.717, 1.165) is 12.1 Å². The molecule has 1 amide bonds. The first-order valence-electron chi connectivity index (χ1n) is 7.72. The van der Waals surface area contributed by atoms with Crippen molar-refractivity contribution in [2.24, 2.45) is 5.10 Å². The lowest BCUT2D eigenvalue weighted by Gasteiger charge is -2.12. The zero-order chi connectivity index (χ0) is 21.5. The number of carbonyl (C=O) groups is 2. The Morgan fingerprint density at radius 1 is 1.14 bits per heavy atom. The summed E-state index contributed by atoms with van der Waals surface area (Å²) in [5, 5.41) is 22.7. The number of hydrogen-bond donors (Lipinski definition) is 2. The molecule has 0 unspecified atom stereocenters. The first-order valence-corrected chi connectivity index (χ1v) is 9.31. The normalized spacial score (nSPS) is 15.8. The number of halogens is 5. The number of carboxylic acid groups (broad SMARTS) is 1. The van der Waals surface area contributed by atoms with Crippen LogP contribution < -0.4 is 5.01 Å². The van der Waals surface area contributed by atoms with E-state index in [1.807, 2.05) is 0 Å². The minimum atomic E-state index is -4.92. The summed E-state index contributed by atoms with van der Waals surface area (Å²) < 4.78 is 40.9. The van der Waals surface area contributed by atoms with Crippen LogP contribution in [0, 0.1) is 0 Å². The lowest BCUT2D eigenvalue weighted by Crippen LogP contribution is -2.25. The zero-order valence-electron chi connectivity index (χ0n) is 14.0. The van der Waals surface area contributed by atoms with E-state index in [9.17, 15) is 27.9 Å². The number of amides is 1. The van der Waals surface area contributed by atoms with Gasteiger partial charge in [0.25, 0.3) is 5.91 Å².